The Morgan fingerprint density at radius 2 is 1.73 bits per heavy atom. The van der Waals surface area contributed by atoms with E-state index in [0.29, 0.717) is 6.54 Å². The summed E-state index contributed by atoms with van der Waals surface area (Å²) in [5, 5.41) is 0.925. The molecule has 1 amide bonds. The van der Waals surface area contributed by atoms with Crippen molar-refractivity contribution in [2.45, 2.75) is 13.0 Å². The van der Waals surface area contributed by atoms with Crippen molar-refractivity contribution in [3.8, 4) is 0 Å². The molecule has 4 rings (SSSR count). The molecule has 0 radical (unpaired) electrons. The van der Waals surface area contributed by atoms with Gasteiger partial charge in [0.2, 0.25) is 0 Å². The van der Waals surface area contributed by atoms with Crippen LogP contribution in [0.3, 0.4) is 0 Å². The lowest BCUT2D eigenvalue weighted by atomic mass is 9.99. The molecule has 0 bridgehead atoms. The first-order chi connectivity index (χ1) is 10.8. The van der Waals surface area contributed by atoms with E-state index < -0.39 is 0 Å². The highest BCUT2D eigenvalue weighted by atomic mass is 16.2. The maximum absolute atomic E-state index is 12.9. The molecule has 0 saturated carbocycles. The van der Waals surface area contributed by atoms with Crippen molar-refractivity contribution in [3.63, 3.8) is 0 Å². The van der Waals surface area contributed by atoms with Gasteiger partial charge in [-0.1, -0.05) is 42.5 Å². The smallest absolute Gasteiger partial charge is 0.254 e. The Balaban J connectivity index is 1.70. The lowest BCUT2D eigenvalue weighted by Gasteiger charge is -2.29. The first kappa shape index (κ1) is 13.0. The van der Waals surface area contributed by atoms with Crippen LogP contribution in [0.25, 0.3) is 10.9 Å². The fourth-order valence-corrected chi connectivity index (χ4v) is 3.12. The van der Waals surface area contributed by atoms with E-state index in [1.165, 1.54) is 11.1 Å². The summed E-state index contributed by atoms with van der Waals surface area (Å²) in [5.41, 5.74) is 4.21. The summed E-state index contributed by atoms with van der Waals surface area (Å²) >= 11 is 0. The number of aromatic nitrogens is 1. The van der Waals surface area contributed by atoms with Gasteiger partial charge in [0.1, 0.15) is 0 Å². The van der Waals surface area contributed by atoms with Crippen LogP contribution in [-0.4, -0.2) is 22.3 Å². The zero-order chi connectivity index (χ0) is 14.9. The molecule has 1 aromatic heterocycles. The summed E-state index contributed by atoms with van der Waals surface area (Å²) in [6.07, 6.45) is 2.64. The molecule has 0 saturated heterocycles. The summed E-state index contributed by atoms with van der Waals surface area (Å²) in [4.78, 5) is 19.2. The van der Waals surface area contributed by atoms with Crippen LogP contribution in [0.4, 0.5) is 0 Å². The van der Waals surface area contributed by atoms with Crippen LogP contribution in [0.1, 0.15) is 21.5 Å². The molecule has 1 aliphatic rings. The first-order valence-corrected chi connectivity index (χ1v) is 7.53. The second-order valence-corrected chi connectivity index (χ2v) is 5.62. The number of amides is 1. The average molecular weight is 288 g/mol. The van der Waals surface area contributed by atoms with Gasteiger partial charge in [-0.2, -0.15) is 0 Å². The molecular weight excluding hydrogens is 272 g/mol. The van der Waals surface area contributed by atoms with Crippen LogP contribution in [-0.2, 0) is 13.0 Å². The molecule has 3 nitrogen and oxygen atoms in total. The SMILES string of the molecule is O=C(c1ccnc2ccccc12)N1CCc2ccccc2C1. The van der Waals surface area contributed by atoms with Gasteiger partial charge >= 0.3 is 0 Å². The van der Waals surface area contributed by atoms with Gasteiger partial charge < -0.3 is 4.90 Å². The maximum atomic E-state index is 12.9. The minimum absolute atomic E-state index is 0.0908. The Bertz CT molecular complexity index is 851. The lowest BCUT2D eigenvalue weighted by Crippen LogP contribution is -2.36. The molecule has 0 aliphatic carbocycles. The molecule has 22 heavy (non-hydrogen) atoms. The summed E-state index contributed by atoms with van der Waals surface area (Å²) in [7, 11) is 0. The zero-order valence-electron chi connectivity index (χ0n) is 12.2. The number of hydrogen-bond acceptors (Lipinski definition) is 2. The highest BCUT2D eigenvalue weighted by Gasteiger charge is 2.22. The Hall–Kier alpha value is -2.68. The number of hydrogen-bond donors (Lipinski definition) is 0. The van der Waals surface area contributed by atoms with Gasteiger partial charge in [-0.15, -0.1) is 0 Å². The topological polar surface area (TPSA) is 33.2 Å². The van der Waals surface area contributed by atoms with Crippen molar-refractivity contribution < 1.29 is 4.79 Å². The Morgan fingerprint density at radius 3 is 2.64 bits per heavy atom. The third-order valence-corrected chi connectivity index (χ3v) is 4.30. The predicted octanol–water partition coefficient (Wildman–Crippen LogP) is 3.43. The van der Waals surface area contributed by atoms with Crippen molar-refractivity contribution in [2.75, 3.05) is 6.54 Å². The van der Waals surface area contributed by atoms with E-state index in [1.807, 2.05) is 41.3 Å². The number of pyridine rings is 1. The minimum atomic E-state index is 0.0908. The number of para-hydroxylation sites is 1. The van der Waals surface area contributed by atoms with Gasteiger partial charge in [-0.3, -0.25) is 9.78 Å². The van der Waals surface area contributed by atoms with Gasteiger partial charge in [0.25, 0.3) is 5.91 Å². The van der Waals surface area contributed by atoms with Crippen LogP contribution in [0.15, 0.2) is 60.8 Å². The van der Waals surface area contributed by atoms with E-state index in [9.17, 15) is 4.79 Å². The molecule has 0 spiro atoms. The fourth-order valence-electron chi connectivity index (χ4n) is 3.12. The Morgan fingerprint density at radius 1 is 0.955 bits per heavy atom. The van der Waals surface area contributed by atoms with Gasteiger partial charge in [0, 0.05) is 24.7 Å². The highest BCUT2D eigenvalue weighted by molar-refractivity contribution is 6.06. The zero-order valence-corrected chi connectivity index (χ0v) is 12.2. The van der Waals surface area contributed by atoms with Crippen molar-refractivity contribution in [2.24, 2.45) is 0 Å². The standard InChI is InChI=1S/C19H16N2O/c22-19(17-9-11-20-18-8-4-3-7-16(17)18)21-12-10-14-5-1-2-6-15(14)13-21/h1-9,11H,10,12-13H2. The second-order valence-electron chi connectivity index (χ2n) is 5.62. The minimum Gasteiger partial charge on any atom is -0.334 e. The number of carbonyl (C=O) groups is 1. The molecule has 0 atom stereocenters. The summed E-state index contributed by atoms with van der Waals surface area (Å²) < 4.78 is 0. The van der Waals surface area contributed by atoms with Crippen molar-refractivity contribution in [1.29, 1.82) is 0 Å². The van der Waals surface area contributed by atoms with E-state index >= 15 is 0 Å². The van der Waals surface area contributed by atoms with E-state index in [0.717, 1.165) is 29.4 Å². The second kappa shape index (κ2) is 5.26. The molecule has 108 valence electrons. The molecule has 1 aliphatic heterocycles. The molecule has 0 N–H and O–H groups in total. The highest BCUT2D eigenvalue weighted by Crippen LogP contribution is 2.23. The van der Waals surface area contributed by atoms with E-state index in [-0.39, 0.29) is 5.91 Å². The molecule has 3 heteroatoms. The summed E-state index contributed by atoms with van der Waals surface area (Å²) in [6, 6.07) is 18.0. The Kier molecular flexibility index (Phi) is 3.11. The monoisotopic (exact) mass is 288 g/mol. The molecule has 2 aromatic carbocycles. The maximum Gasteiger partial charge on any atom is 0.254 e. The first-order valence-electron chi connectivity index (χ1n) is 7.53. The normalized spacial score (nSPS) is 13.9. The van der Waals surface area contributed by atoms with Crippen molar-refractivity contribution >= 4 is 16.8 Å². The van der Waals surface area contributed by atoms with Crippen LogP contribution >= 0.6 is 0 Å². The number of carbonyl (C=O) groups excluding carboxylic acids is 1. The lowest BCUT2D eigenvalue weighted by molar-refractivity contribution is 0.0736. The van der Waals surface area contributed by atoms with E-state index in [4.69, 9.17) is 0 Å². The van der Waals surface area contributed by atoms with E-state index in [1.54, 1.807) is 6.20 Å². The largest absolute Gasteiger partial charge is 0.334 e. The molecular formula is C19H16N2O. The Labute approximate surface area is 129 Å². The fraction of sp³-hybridized carbons (Fsp3) is 0.158. The third-order valence-electron chi connectivity index (χ3n) is 4.30. The summed E-state index contributed by atoms with van der Waals surface area (Å²) in [5.74, 6) is 0.0908. The third kappa shape index (κ3) is 2.15. The van der Waals surface area contributed by atoms with Crippen molar-refractivity contribution in [3.05, 3.63) is 77.5 Å². The van der Waals surface area contributed by atoms with Gasteiger partial charge in [0.15, 0.2) is 0 Å². The van der Waals surface area contributed by atoms with Crippen LogP contribution < -0.4 is 0 Å². The van der Waals surface area contributed by atoms with E-state index in [2.05, 4.69) is 23.2 Å². The van der Waals surface area contributed by atoms with Crippen LogP contribution in [0.5, 0.6) is 0 Å². The van der Waals surface area contributed by atoms with Crippen LogP contribution in [0, 0.1) is 0 Å². The summed E-state index contributed by atoms with van der Waals surface area (Å²) in [6.45, 7) is 1.46. The quantitative estimate of drug-likeness (QED) is 0.687. The molecule has 2 heterocycles. The number of nitrogens with zero attached hydrogens (tertiary/aromatic N) is 2. The molecule has 0 unspecified atom stereocenters. The number of benzene rings is 2. The van der Waals surface area contributed by atoms with Crippen LogP contribution in [0.2, 0.25) is 0 Å². The van der Waals surface area contributed by atoms with Crippen molar-refractivity contribution in [1.82, 2.24) is 9.88 Å². The molecule has 0 fully saturated rings. The predicted molar refractivity (Wildman–Crippen MR) is 86.6 cm³/mol. The van der Waals surface area contributed by atoms with Gasteiger partial charge in [-0.05, 0) is 29.7 Å². The molecule has 3 aromatic rings. The average Bonchev–Trinajstić information content (AvgIpc) is 2.60. The van der Waals surface area contributed by atoms with Gasteiger partial charge in [0.05, 0.1) is 11.1 Å². The number of fused-ring (bicyclic) bond motifs is 2. The van der Waals surface area contributed by atoms with Gasteiger partial charge in [-0.25, -0.2) is 0 Å². The number of rotatable bonds is 1.